The number of imidazole rings is 1. The van der Waals surface area contributed by atoms with Crippen LogP contribution in [0.15, 0.2) is 24.3 Å². The zero-order valence-electron chi connectivity index (χ0n) is 17.1. The predicted octanol–water partition coefficient (Wildman–Crippen LogP) is 1.12. The van der Waals surface area contributed by atoms with Gasteiger partial charge in [-0.2, -0.15) is 0 Å². The molecular formula is C20H24ClFN6O4. The summed E-state index contributed by atoms with van der Waals surface area (Å²) in [6, 6.07) is 6.06. The van der Waals surface area contributed by atoms with E-state index in [1.165, 1.54) is 0 Å². The first-order valence-corrected chi connectivity index (χ1v) is 10.6. The molecule has 1 fully saturated rings. The number of H-pyrrole nitrogens is 1. The first kappa shape index (κ1) is 23.5. The molecule has 1 aliphatic carbocycles. The van der Waals surface area contributed by atoms with Crippen molar-refractivity contribution in [3.05, 3.63) is 30.1 Å². The number of para-hydroxylation sites is 2. The molecule has 2 unspecified atom stereocenters. The number of rotatable bonds is 9. The Hall–Kier alpha value is -3.21. The highest BCUT2D eigenvalue weighted by Crippen LogP contribution is 2.30. The van der Waals surface area contributed by atoms with Crippen LogP contribution in [-0.2, 0) is 14.4 Å². The fourth-order valence-corrected chi connectivity index (χ4v) is 3.47. The summed E-state index contributed by atoms with van der Waals surface area (Å²) >= 11 is 5.21. The molecule has 1 heterocycles. The molecule has 1 saturated carbocycles. The monoisotopic (exact) mass is 466 g/mol. The van der Waals surface area contributed by atoms with E-state index in [0.29, 0.717) is 22.5 Å². The Labute approximate surface area is 188 Å². The normalized spacial score (nSPS) is 15.4. The summed E-state index contributed by atoms with van der Waals surface area (Å²) < 4.78 is 13.4. The van der Waals surface area contributed by atoms with Crippen LogP contribution in [0.2, 0.25) is 0 Å². The van der Waals surface area contributed by atoms with Gasteiger partial charge < -0.3 is 16.0 Å². The third-order valence-corrected chi connectivity index (χ3v) is 5.49. The number of hydrogen-bond donors (Lipinski definition) is 4. The zero-order valence-corrected chi connectivity index (χ0v) is 17.9. The fourth-order valence-electron chi connectivity index (χ4n) is 3.35. The van der Waals surface area contributed by atoms with Gasteiger partial charge in [-0.3, -0.25) is 24.6 Å². The van der Waals surface area contributed by atoms with Gasteiger partial charge in [0.25, 0.3) is 23.4 Å². The van der Waals surface area contributed by atoms with Crippen LogP contribution in [-0.4, -0.2) is 56.8 Å². The molecular weight excluding hydrogens is 443 g/mol. The Morgan fingerprint density at radius 2 is 2.00 bits per heavy atom. The van der Waals surface area contributed by atoms with Gasteiger partial charge in [0.2, 0.25) is 5.91 Å². The molecule has 0 aliphatic heterocycles. The van der Waals surface area contributed by atoms with Crippen LogP contribution in [0.1, 0.15) is 42.7 Å². The molecule has 12 heteroatoms. The highest BCUT2D eigenvalue weighted by Gasteiger charge is 2.32. The molecule has 4 amide bonds. The maximum atomic E-state index is 13.4. The number of alkyl halides is 2. The lowest BCUT2D eigenvalue weighted by atomic mass is 9.80. The van der Waals surface area contributed by atoms with E-state index in [-0.39, 0.29) is 24.7 Å². The van der Waals surface area contributed by atoms with E-state index in [9.17, 15) is 23.6 Å². The molecule has 0 bridgehead atoms. The van der Waals surface area contributed by atoms with Crippen LogP contribution < -0.4 is 16.5 Å². The number of hydrogen-bond acceptors (Lipinski definition) is 5. The Balaban J connectivity index is 1.73. The maximum absolute atomic E-state index is 13.4. The van der Waals surface area contributed by atoms with Crippen LogP contribution in [0.5, 0.6) is 0 Å². The molecule has 2 atom stereocenters. The molecule has 2 aromatic rings. The summed E-state index contributed by atoms with van der Waals surface area (Å²) in [6.45, 7) is -0.360. The molecule has 1 aromatic carbocycles. The second-order valence-electron chi connectivity index (χ2n) is 7.64. The Morgan fingerprint density at radius 3 is 2.59 bits per heavy atom. The first-order chi connectivity index (χ1) is 15.2. The Morgan fingerprint density at radius 1 is 1.28 bits per heavy atom. The van der Waals surface area contributed by atoms with Crippen molar-refractivity contribution in [2.75, 3.05) is 6.54 Å². The minimum Gasteiger partial charge on any atom is -0.370 e. The molecule has 1 aliphatic rings. The SMILES string of the molecule is NC(=O)CCN(NC(=O)C(CC1CCC1)NC(=O)c1nc2ccccc2[nH]1)C(=O)C(F)Cl. The van der Waals surface area contributed by atoms with Crippen molar-refractivity contribution in [3.63, 3.8) is 0 Å². The van der Waals surface area contributed by atoms with Crippen molar-refractivity contribution in [3.8, 4) is 0 Å². The quantitative estimate of drug-likeness (QED) is 0.322. The number of nitrogens with zero attached hydrogens (tertiary/aromatic N) is 2. The van der Waals surface area contributed by atoms with Gasteiger partial charge >= 0.3 is 0 Å². The molecule has 10 nitrogen and oxygen atoms in total. The summed E-state index contributed by atoms with van der Waals surface area (Å²) in [4.78, 5) is 55.8. The summed E-state index contributed by atoms with van der Waals surface area (Å²) in [5.41, 5.74) is 6.18. The number of carbonyl (C=O) groups excluding carboxylic acids is 4. The summed E-state index contributed by atoms with van der Waals surface area (Å²) in [5.74, 6) is -3.08. The van der Waals surface area contributed by atoms with Crippen LogP contribution in [0.3, 0.4) is 0 Å². The average molecular weight is 467 g/mol. The number of primary amides is 1. The second kappa shape index (κ2) is 10.4. The maximum Gasteiger partial charge on any atom is 0.291 e. The van der Waals surface area contributed by atoms with E-state index in [0.717, 1.165) is 19.3 Å². The second-order valence-corrected chi connectivity index (χ2v) is 8.03. The van der Waals surface area contributed by atoms with Gasteiger partial charge in [0.05, 0.1) is 17.6 Å². The molecule has 172 valence electrons. The largest absolute Gasteiger partial charge is 0.370 e. The predicted molar refractivity (Wildman–Crippen MR) is 114 cm³/mol. The van der Waals surface area contributed by atoms with Crippen molar-refractivity contribution < 1.29 is 23.6 Å². The summed E-state index contributed by atoms with van der Waals surface area (Å²) in [5, 5.41) is 3.23. The van der Waals surface area contributed by atoms with E-state index in [2.05, 4.69) is 20.7 Å². The highest BCUT2D eigenvalue weighted by atomic mass is 35.5. The molecule has 0 radical (unpaired) electrons. The number of nitrogens with two attached hydrogens (primary N) is 1. The standard InChI is InChI=1S/C20H24ClFN6O4/c21-16(22)20(32)28(9-8-15(23)29)27-18(30)14(10-11-4-3-5-11)26-19(31)17-24-12-6-1-2-7-13(12)25-17/h1-2,6-7,11,14,16H,3-5,8-10H2,(H2,23,29)(H,24,25)(H,26,31)(H,27,30). The van der Waals surface area contributed by atoms with Crippen molar-refractivity contribution in [2.45, 2.75) is 43.8 Å². The van der Waals surface area contributed by atoms with Gasteiger partial charge in [-0.05, 0) is 24.5 Å². The lowest BCUT2D eigenvalue weighted by Crippen LogP contribution is -2.56. The zero-order chi connectivity index (χ0) is 23.3. The van der Waals surface area contributed by atoms with Crippen LogP contribution in [0, 0.1) is 5.92 Å². The van der Waals surface area contributed by atoms with Crippen LogP contribution in [0.4, 0.5) is 4.39 Å². The van der Waals surface area contributed by atoms with E-state index in [1.54, 1.807) is 24.3 Å². The van der Waals surface area contributed by atoms with Crippen LogP contribution in [0.25, 0.3) is 11.0 Å². The Kier molecular flexibility index (Phi) is 7.62. The van der Waals surface area contributed by atoms with E-state index in [1.807, 2.05) is 0 Å². The molecule has 32 heavy (non-hydrogen) atoms. The van der Waals surface area contributed by atoms with Gasteiger partial charge in [-0.25, -0.2) is 14.4 Å². The van der Waals surface area contributed by atoms with Gasteiger partial charge in [0.1, 0.15) is 6.04 Å². The molecule has 1 aromatic heterocycles. The summed E-state index contributed by atoms with van der Waals surface area (Å²) in [7, 11) is 0. The lowest BCUT2D eigenvalue weighted by molar-refractivity contribution is -0.144. The lowest BCUT2D eigenvalue weighted by Gasteiger charge is -2.31. The number of hydrazine groups is 1. The smallest absolute Gasteiger partial charge is 0.291 e. The number of aromatic nitrogens is 2. The van der Waals surface area contributed by atoms with Gasteiger partial charge in [0.15, 0.2) is 5.82 Å². The minimum atomic E-state index is -2.42. The number of halogens is 2. The number of amides is 4. The van der Waals surface area contributed by atoms with Gasteiger partial charge in [-0.15, -0.1) is 0 Å². The molecule has 5 N–H and O–H groups in total. The number of aromatic amines is 1. The van der Waals surface area contributed by atoms with Crippen molar-refractivity contribution >= 4 is 46.3 Å². The number of fused-ring (bicyclic) bond motifs is 1. The van der Waals surface area contributed by atoms with E-state index < -0.39 is 35.3 Å². The van der Waals surface area contributed by atoms with E-state index in [4.69, 9.17) is 17.3 Å². The fraction of sp³-hybridized carbons (Fsp3) is 0.450. The van der Waals surface area contributed by atoms with Crippen LogP contribution >= 0.6 is 11.6 Å². The first-order valence-electron chi connectivity index (χ1n) is 10.2. The number of nitrogens with one attached hydrogen (secondary N) is 3. The molecule has 3 rings (SSSR count). The van der Waals surface area contributed by atoms with Crippen molar-refractivity contribution in [2.24, 2.45) is 11.7 Å². The van der Waals surface area contributed by atoms with Crippen molar-refractivity contribution in [1.29, 1.82) is 0 Å². The van der Waals surface area contributed by atoms with E-state index >= 15 is 0 Å². The third kappa shape index (κ3) is 5.94. The van der Waals surface area contributed by atoms with Crippen molar-refractivity contribution in [1.82, 2.24) is 25.7 Å². The number of benzene rings is 1. The van der Waals surface area contributed by atoms with Gasteiger partial charge in [-0.1, -0.05) is 43.0 Å². The minimum absolute atomic E-state index is 0.0313. The average Bonchev–Trinajstić information content (AvgIpc) is 3.16. The number of carbonyl (C=O) groups is 4. The molecule has 0 saturated heterocycles. The van der Waals surface area contributed by atoms with Gasteiger partial charge in [0, 0.05) is 6.42 Å². The third-order valence-electron chi connectivity index (χ3n) is 5.30. The topological polar surface area (TPSA) is 150 Å². The molecule has 0 spiro atoms. The Bertz CT molecular complexity index is 976. The highest BCUT2D eigenvalue weighted by molar-refractivity contribution is 6.29. The summed E-state index contributed by atoms with van der Waals surface area (Å²) in [6.07, 6.45) is 2.85.